The first-order valence-electron chi connectivity index (χ1n) is 6.06. The number of hydrogen-bond donors (Lipinski definition) is 2. The summed E-state index contributed by atoms with van der Waals surface area (Å²) in [4.78, 5) is 22.9. The number of nitrogens with one attached hydrogen (secondary N) is 2. The fourth-order valence-corrected chi connectivity index (χ4v) is 1.72. The van der Waals surface area contributed by atoms with Gasteiger partial charge in [-0.15, -0.1) is 0 Å². The van der Waals surface area contributed by atoms with E-state index in [1.807, 2.05) is 0 Å². The molecule has 0 unspecified atom stereocenters. The van der Waals surface area contributed by atoms with Gasteiger partial charge >= 0.3 is 5.97 Å². The Morgan fingerprint density at radius 1 is 1.42 bits per heavy atom. The molecular weight excluding hydrogens is 244 g/mol. The SMILES string of the molecule is COC(=O)c1cccnc1NCCCc1ncc[nH]1. The second kappa shape index (κ2) is 6.53. The number of rotatable bonds is 6. The molecule has 0 radical (unpaired) electrons. The van der Waals surface area contributed by atoms with E-state index in [2.05, 4.69) is 20.3 Å². The van der Waals surface area contributed by atoms with Crippen LogP contribution in [0.1, 0.15) is 22.6 Å². The number of ether oxygens (including phenoxy) is 1. The Morgan fingerprint density at radius 2 is 2.32 bits per heavy atom. The smallest absolute Gasteiger partial charge is 0.341 e. The highest BCUT2D eigenvalue weighted by Gasteiger charge is 2.11. The standard InChI is InChI=1S/C13H16N4O2/c1-19-13(18)10-4-2-6-16-12(10)17-7-3-5-11-14-8-9-15-11/h2,4,6,8-9H,3,5,7H2,1H3,(H,14,15)(H,16,17). The largest absolute Gasteiger partial charge is 0.465 e. The van der Waals surface area contributed by atoms with Gasteiger partial charge in [-0.3, -0.25) is 0 Å². The maximum Gasteiger partial charge on any atom is 0.341 e. The van der Waals surface area contributed by atoms with Gasteiger partial charge in [0.25, 0.3) is 0 Å². The van der Waals surface area contributed by atoms with Gasteiger partial charge in [-0.25, -0.2) is 14.8 Å². The molecule has 2 rings (SSSR count). The van der Waals surface area contributed by atoms with E-state index in [-0.39, 0.29) is 5.97 Å². The lowest BCUT2D eigenvalue weighted by atomic mass is 10.2. The minimum absolute atomic E-state index is 0.387. The maximum absolute atomic E-state index is 11.5. The number of aryl methyl sites for hydroxylation is 1. The second-order valence-electron chi connectivity index (χ2n) is 3.96. The molecule has 2 aromatic heterocycles. The average Bonchev–Trinajstić information content (AvgIpc) is 2.96. The minimum Gasteiger partial charge on any atom is -0.465 e. The van der Waals surface area contributed by atoms with Crippen LogP contribution in [0, 0.1) is 0 Å². The molecule has 0 aliphatic carbocycles. The molecule has 0 bridgehead atoms. The van der Waals surface area contributed by atoms with Crippen LogP contribution in [0.5, 0.6) is 0 Å². The summed E-state index contributed by atoms with van der Waals surface area (Å²) in [6.45, 7) is 0.710. The Bertz CT molecular complexity index is 525. The van der Waals surface area contributed by atoms with E-state index in [1.54, 1.807) is 30.7 Å². The molecule has 6 heteroatoms. The van der Waals surface area contributed by atoms with Crippen LogP contribution in [0.15, 0.2) is 30.7 Å². The lowest BCUT2D eigenvalue weighted by molar-refractivity contribution is 0.0601. The van der Waals surface area contributed by atoms with Crippen molar-refractivity contribution < 1.29 is 9.53 Å². The molecule has 0 fully saturated rings. The van der Waals surface area contributed by atoms with E-state index in [0.29, 0.717) is 17.9 Å². The summed E-state index contributed by atoms with van der Waals surface area (Å²) in [6.07, 6.45) is 6.92. The predicted molar refractivity (Wildman–Crippen MR) is 71.0 cm³/mol. The highest BCUT2D eigenvalue weighted by Crippen LogP contribution is 2.12. The molecule has 0 aliphatic heterocycles. The third kappa shape index (κ3) is 3.54. The molecule has 0 aliphatic rings. The fourth-order valence-electron chi connectivity index (χ4n) is 1.72. The van der Waals surface area contributed by atoms with Gasteiger partial charge in [0, 0.05) is 31.6 Å². The van der Waals surface area contributed by atoms with Crippen LogP contribution in [0.3, 0.4) is 0 Å². The highest BCUT2D eigenvalue weighted by atomic mass is 16.5. The summed E-state index contributed by atoms with van der Waals surface area (Å²) < 4.78 is 4.71. The van der Waals surface area contributed by atoms with Gasteiger partial charge in [-0.1, -0.05) is 0 Å². The van der Waals surface area contributed by atoms with Gasteiger partial charge in [-0.05, 0) is 18.6 Å². The van der Waals surface area contributed by atoms with Gasteiger partial charge in [0.1, 0.15) is 17.2 Å². The first-order valence-corrected chi connectivity index (χ1v) is 6.06. The van der Waals surface area contributed by atoms with Crippen molar-refractivity contribution in [3.8, 4) is 0 Å². The number of aromatic amines is 1. The van der Waals surface area contributed by atoms with E-state index in [9.17, 15) is 4.79 Å². The van der Waals surface area contributed by atoms with Gasteiger partial charge < -0.3 is 15.0 Å². The zero-order chi connectivity index (χ0) is 13.5. The number of esters is 1. The number of methoxy groups -OCH3 is 1. The van der Waals surface area contributed by atoms with Crippen molar-refractivity contribution in [2.45, 2.75) is 12.8 Å². The van der Waals surface area contributed by atoms with Crippen molar-refractivity contribution >= 4 is 11.8 Å². The Hall–Kier alpha value is -2.37. The van der Waals surface area contributed by atoms with Crippen molar-refractivity contribution in [3.63, 3.8) is 0 Å². The first kappa shape index (κ1) is 13.1. The number of anilines is 1. The molecule has 2 N–H and O–H groups in total. The van der Waals surface area contributed by atoms with Crippen LogP contribution < -0.4 is 5.32 Å². The molecule has 0 spiro atoms. The molecule has 0 saturated carbocycles. The zero-order valence-electron chi connectivity index (χ0n) is 10.7. The number of H-pyrrole nitrogens is 1. The highest BCUT2D eigenvalue weighted by molar-refractivity contribution is 5.94. The van der Waals surface area contributed by atoms with Crippen molar-refractivity contribution in [1.29, 1.82) is 0 Å². The van der Waals surface area contributed by atoms with Crippen molar-refractivity contribution in [1.82, 2.24) is 15.0 Å². The third-order valence-corrected chi connectivity index (χ3v) is 2.65. The lowest BCUT2D eigenvalue weighted by Crippen LogP contribution is -2.11. The summed E-state index contributed by atoms with van der Waals surface area (Å²) >= 11 is 0. The van der Waals surface area contributed by atoms with E-state index >= 15 is 0 Å². The number of pyridine rings is 1. The maximum atomic E-state index is 11.5. The fraction of sp³-hybridized carbons (Fsp3) is 0.308. The summed E-state index contributed by atoms with van der Waals surface area (Å²) in [5.74, 6) is 1.12. The monoisotopic (exact) mass is 260 g/mol. The molecular formula is C13H16N4O2. The van der Waals surface area contributed by atoms with E-state index in [4.69, 9.17) is 4.74 Å². The van der Waals surface area contributed by atoms with Gasteiger partial charge in [-0.2, -0.15) is 0 Å². The van der Waals surface area contributed by atoms with Crippen LogP contribution in [0.2, 0.25) is 0 Å². The topological polar surface area (TPSA) is 79.9 Å². The summed E-state index contributed by atoms with van der Waals surface area (Å²) in [6, 6.07) is 3.40. The summed E-state index contributed by atoms with van der Waals surface area (Å²) in [7, 11) is 1.36. The van der Waals surface area contributed by atoms with Gasteiger partial charge in [0.15, 0.2) is 0 Å². The molecule has 0 saturated heterocycles. The van der Waals surface area contributed by atoms with E-state index in [1.165, 1.54) is 7.11 Å². The normalized spacial score (nSPS) is 10.2. The Balaban J connectivity index is 1.87. The molecule has 2 heterocycles. The number of imidazole rings is 1. The zero-order valence-corrected chi connectivity index (χ0v) is 10.7. The van der Waals surface area contributed by atoms with Crippen LogP contribution >= 0.6 is 0 Å². The van der Waals surface area contributed by atoms with Crippen molar-refractivity contribution in [3.05, 3.63) is 42.1 Å². The van der Waals surface area contributed by atoms with Gasteiger partial charge in [0.05, 0.1) is 7.11 Å². The number of nitrogens with zero attached hydrogens (tertiary/aromatic N) is 2. The van der Waals surface area contributed by atoms with Crippen LogP contribution in [-0.2, 0) is 11.2 Å². The number of hydrogen-bond acceptors (Lipinski definition) is 5. The van der Waals surface area contributed by atoms with Crippen LogP contribution in [0.4, 0.5) is 5.82 Å². The lowest BCUT2D eigenvalue weighted by Gasteiger charge is -2.08. The molecule has 0 aromatic carbocycles. The number of carbonyl (C=O) groups is 1. The van der Waals surface area contributed by atoms with Crippen LogP contribution in [-0.4, -0.2) is 34.6 Å². The third-order valence-electron chi connectivity index (χ3n) is 2.65. The molecule has 2 aromatic rings. The summed E-state index contributed by atoms with van der Waals surface area (Å²) in [5, 5.41) is 3.14. The second-order valence-corrected chi connectivity index (χ2v) is 3.96. The molecule has 100 valence electrons. The first-order chi connectivity index (χ1) is 9.31. The minimum atomic E-state index is -0.387. The molecule has 0 atom stereocenters. The average molecular weight is 260 g/mol. The van der Waals surface area contributed by atoms with Gasteiger partial charge in [0.2, 0.25) is 0 Å². The number of aromatic nitrogens is 3. The van der Waals surface area contributed by atoms with E-state index in [0.717, 1.165) is 18.7 Å². The molecule has 6 nitrogen and oxygen atoms in total. The predicted octanol–water partition coefficient (Wildman–Crippen LogP) is 1.64. The Kier molecular flexibility index (Phi) is 4.49. The van der Waals surface area contributed by atoms with Crippen LogP contribution in [0.25, 0.3) is 0 Å². The van der Waals surface area contributed by atoms with Crippen molar-refractivity contribution in [2.75, 3.05) is 19.0 Å². The summed E-state index contributed by atoms with van der Waals surface area (Å²) in [5.41, 5.74) is 0.447. The number of carbonyl (C=O) groups excluding carboxylic acids is 1. The Labute approximate surface area is 111 Å². The quantitative estimate of drug-likeness (QED) is 0.609. The molecule has 0 amide bonds. The Morgan fingerprint density at radius 3 is 3.05 bits per heavy atom. The van der Waals surface area contributed by atoms with E-state index < -0.39 is 0 Å². The molecule has 19 heavy (non-hydrogen) atoms. The van der Waals surface area contributed by atoms with Crippen molar-refractivity contribution in [2.24, 2.45) is 0 Å².